The first-order valence-corrected chi connectivity index (χ1v) is 6.45. The summed E-state index contributed by atoms with van der Waals surface area (Å²) in [5, 5.41) is 47.7. The zero-order valence-electron chi connectivity index (χ0n) is 10.8. The first kappa shape index (κ1) is 16.5. The summed E-state index contributed by atoms with van der Waals surface area (Å²) >= 11 is 0. The summed E-state index contributed by atoms with van der Waals surface area (Å²) < 4.78 is 5.11. The van der Waals surface area contributed by atoms with Crippen LogP contribution in [0, 0.1) is 0 Å². The molecule has 0 radical (unpaired) electrons. The maximum absolute atomic E-state index is 11.7. The number of carbonyl (C=O) groups is 1. The number of Topliss-reactive ketones (excluding diaryl/α,β-unsaturated/α-hetero) is 1. The summed E-state index contributed by atoms with van der Waals surface area (Å²) in [5.74, 6) is -0.494. The number of ether oxygens (including phenoxy) is 1. The molecule has 0 aromatic carbocycles. The van der Waals surface area contributed by atoms with Crippen molar-refractivity contribution in [2.24, 2.45) is 0 Å². The van der Waals surface area contributed by atoms with Gasteiger partial charge in [0.05, 0.1) is 6.61 Å². The molecule has 0 aromatic rings. The van der Waals surface area contributed by atoms with Crippen LogP contribution in [0.15, 0.2) is 0 Å². The molecule has 1 saturated heterocycles. The van der Waals surface area contributed by atoms with Crippen LogP contribution >= 0.6 is 0 Å². The van der Waals surface area contributed by atoms with E-state index in [0.717, 1.165) is 6.42 Å². The highest BCUT2D eigenvalue weighted by atomic mass is 16.6. The van der Waals surface area contributed by atoms with Crippen LogP contribution in [0.4, 0.5) is 0 Å². The number of hydrogen-bond donors (Lipinski definition) is 5. The van der Waals surface area contributed by atoms with Crippen LogP contribution in [-0.4, -0.2) is 74.5 Å². The summed E-state index contributed by atoms with van der Waals surface area (Å²) in [5.41, 5.74) is 0. The van der Waals surface area contributed by atoms with Gasteiger partial charge in [-0.25, -0.2) is 0 Å². The van der Waals surface area contributed by atoms with E-state index >= 15 is 0 Å². The Morgan fingerprint density at radius 3 is 2.37 bits per heavy atom. The molecule has 7 nitrogen and oxygen atoms in total. The molecule has 1 aliphatic rings. The maximum Gasteiger partial charge on any atom is 0.164 e. The van der Waals surface area contributed by atoms with Gasteiger partial charge in [0.15, 0.2) is 5.78 Å². The van der Waals surface area contributed by atoms with Crippen molar-refractivity contribution >= 4 is 5.78 Å². The van der Waals surface area contributed by atoms with Crippen molar-refractivity contribution < 1.29 is 35.1 Å². The van der Waals surface area contributed by atoms with E-state index in [1.165, 1.54) is 0 Å². The summed E-state index contributed by atoms with van der Waals surface area (Å²) in [6.45, 7) is 1.31. The molecule has 1 rings (SSSR count). The summed E-state index contributed by atoms with van der Waals surface area (Å²) in [4.78, 5) is 11.7. The first-order valence-electron chi connectivity index (χ1n) is 6.45. The van der Waals surface area contributed by atoms with Crippen LogP contribution in [-0.2, 0) is 9.53 Å². The molecule has 1 heterocycles. The van der Waals surface area contributed by atoms with Gasteiger partial charge in [-0.3, -0.25) is 4.79 Å². The van der Waals surface area contributed by atoms with Gasteiger partial charge in [0.1, 0.15) is 36.6 Å². The minimum absolute atomic E-state index is 0.146. The number of ketones is 1. The normalized spacial score (nSPS) is 37.1. The average molecular weight is 278 g/mol. The molecule has 5 N–H and O–H groups in total. The fourth-order valence-electron chi connectivity index (χ4n) is 2.07. The Morgan fingerprint density at radius 2 is 1.84 bits per heavy atom. The minimum Gasteiger partial charge on any atom is -0.394 e. The molecular formula is C12H22O7. The Labute approximate surface area is 111 Å². The minimum atomic E-state index is -1.59. The molecule has 0 bridgehead atoms. The molecule has 7 heteroatoms. The van der Waals surface area contributed by atoms with Crippen molar-refractivity contribution in [2.75, 3.05) is 6.61 Å². The molecule has 0 aromatic heterocycles. The van der Waals surface area contributed by atoms with E-state index in [-0.39, 0.29) is 6.42 Å². The first-order chi connectivity index (χ1) is 8.93. The van der Waals surface area contributed by atoms with E-state index in [1.54, 1.807) is 0 Å². The Morgan fingerprint density at radius 1 is 1.21 bits per heavy atom. The predicted molar refractivity (Wildman–Crippen MR) is 64.3 cm³/mol. The third-order valence-electron chi connectivity index (χ3n) is 3.35. The van der Waals surface area contributed by atoms with Gasteiger partial charge < -0.3 is 30.3 Å². The highest BCUT2D eigenvalue weighted by molar-refractivity contribution is 5.83. The van der Waals surface area contributed by atoms with Gasteiger partial charge in [-0.05, 0) is 6.42 Å². The smallest absolute Gasteiger partial charge is 0.164 e. The van der Waals surface area contributed by atoms with Gasteiger partial charge in [0.2, 0.25) is 0 Å². The van der Waals surface area contributed by atoms with E-state index in [4.69, 9.17) is 9.84 Å². The fraction of sp³-hybridized carbons (Fsp3) is 0.917. The van der Waals surface area contributed by atoms with Gasteiger partial charge in [-0.1, -0.05) is 13.3 Å². The number of aliphatic hydroxyl groups excluding tert-OH is 5. The average Bonchev–Trinajstić information content (AvgIpc) is 2.42. The molecule has 0 amide bonds. The Bertz CT molecular complexity index is 294. The number of carbonyl (C=O) groups excluding carboxylic acids is 1. The largest absolute Gasteiger partial charge is 0.394 e. The van der Waals surface area contributed by atoms with E-state index in [2.05, 4.69) is 0 Å². The second kappa shape index (κ2) is 7.28. The van der Waals surface area contributed by atoms with Crippen molar-refractivity contribution in [1.82, 2.24) is 0 Å². The molecule has 1 aliphatic heterocycles. The van der Waals surface area contributed by atoms with Crippen LogP contribution in [0.25, 0.3) is 0 Å². The monoisotopic (exact) mass is 278 g/mol. The number of unbranched alkanes of at least 4 members (excludes halogenated alkanes) is 1. The lowest BCUT2D eigenvalue weighted by atomic mass is 9.90. The van der Waals surface area contributed by atoms with Crippen molar-refractivity contribution in [2.45, 2.75) is 62.8 Å². The Kier molecular flexibility index (Phi) is 6.31. The number of aliphatic hydroxyl groups is 5. The second-order valence-corrected chi connectivity index (χ2v) is 4.81. The standard InChI is InChI=1S/C12H22O7/c1-2-3-4-6(14)8(15)12-11(18)10(17)9(16)7(5-13)19-12/h7-13,15-18H,2-5H2,1H3/t7-,8?,9-,10+,11-,12?/m1/s1. The van der Waals surface area contributed by atoms with Gasteiger partial charge in [-0.2, -0.15) is 0 Å². The molecule has 2 unspecified atom stereocenters. The maximum atomic E-state index is 11.7. The highest BCUT2D eigenvalue weighted by Gasteiger charge is 2.47. The van der Waals surface area contributed by atoms with Crippen molar-refractivity contribution in [3.8, 4) is 0 Å². The molecule has 1 fully saturated rings. The lowest BCUT2D eigenvalue weighted by molar-refractivity contribution is -0.246. The lowest BCUT2D eigenvalue weighted by Gasteiger charge is -2.41. The second-order valence-electron chi connectivity index (χ2n) is 4.81. The third kappa shape index (κ3) is 3.71. The molecule has 112 valence electrons. The van der Waals surface area contributed by atoms with Crippen LogP contribution in [0.1, 0.15) is 26.2 Å². The molecule has 6 atom stereocenters. The van der Waals surface area contributed by atoms with Crippen LogP contribution in [0.2, 0.25) is 0 Å². The number of hydrogen-bond acceptors (Lipinski definition) is 7. The van der Waals surface area contributed by atoms with Crippen molar-refractivity contribution in [1.29, 1.82) is 0 Å². The topological polar surface area (TPSA) is 127 Å². The van der Waals surface area contributed by atoms with Gasteiger partial charge in [0, 0.05) is 6.42 Å². The van der Waals surface area contributed by atoms with E-state index in [1.807, 2.05) is 6.92 Å². The van der Waals surface area contributed by atoms with Crippen LogP contribution in [0.5, 0.6) is 0 Å². The molecule has 0 spiro atoms. The van der Waals surface area contributed by atoms with Crippen LogP contribution < -0.4 is 0 Å². The molecule has 0 aliphatic carbocycles. The SMILES string of the molecule is CCCCC(=O)C(O)C1O[C@H](CO)[C@@H](O)[C@H](O)[C@H]1O. The van der Waals surface area contributed by atoms with Gasteiger partial charge >= 0.3 is 0 Å². The van der Waals surface area contributed by atoms with Gasteiger partial charge in [-0.15, -0.1) is 0 Å². The third-order valence-corrected chi connectivity index (χ3v) is 3.35. The zero-order valence-corrected chi connectivity index (χ0v) is 10.8. The number of rotatable bonds is 6. The Hall–Kier alpha value is -0.570. The van der Waals surface area contributed by atoms with E-state index in [0.29, 0.717) is 6.42 Å². The van der Waals surface area contributed by atoms with E-state index in [9.17, 15) is 25.2 Å². The van der Waals surface area contributed by atoms with Crippen LogP contribution in [0.3, 0.4) is 0 Å². The fourth-order valence-corrected chi connectivity index (χ4v) is 2.07. The predicted octanol–water partition coefficient (Wildman–Crippen LogP) is -2.05. The van der Waals surface area contributed by atoms with Gasteiger partial charge in [0.25, 0.3) is 0 Å². The summed E-state index contributed by atoms with van der Waals surface area (Å²) in [6, 6.07) is 0. The highest BCUT2D eigenvalue weighted by Crippen LogP contribution is 2.24. The summed E-state index contributed by atoms with van der Waals surface area (Å²) in [6.07, 6.45) is -7.17. The van der Waals surface area contributed by atoms with Crippen molar-refractivity contribution in [3.05, 3.63) is 0 Å². The van der Waals surface area contributed by atoms with Crippen molar-refractivity contribution in [3.63, 3.8) is 0 Å². The molecule has 19 heavy (non-hydrogen) atoms. The van der Waals surface area contributed by atoms with E-state index < -0.39 is 49.0 Å². The summed E-state index contributed by atoms with van der Waals surface area (Å²) in [7, 11) is 0. The zero-order chi connectivity index (χ0) is 14.6. The Balaban J connectivity index is 2.72. The lowest BCUT2D eigenvalue weighted by Crippen LogP contribution is -2.62. The molecular weight excluding hydrogens is 256 g/mol. The molecule has 0 saturated carbocycles. The quantitative estimate of drug-likeness (QED) is 0.378.